The van der Waals surface area contributed by atoms with Crippen LogP contribution in [0.3, 0.4) is 0 Å². The predicted octanol–water partition coefficient (Wildman–Crippen LogP) is 3.60. The fourth-order valence-corrected chi connectivity index (χ4v) is 4.69. The lowest BCUT2D eigenvalue weighted by atomic mass is 9.77. The molecule has 0 bridgehead atoms. The van der Waals surface area contributed by atoms with E-state index in [4.69, 9.17) is 0 Å². The summed E-state index contributed by atoms with van der Waals surface area (Å²) >= 11 is 5.35. The summed E-state index contributed by atoms with van der Waals surface area (Å²) < 4.78 is 0. The summed E-state index contributed by atoms with van der Waals surface area (Å²) in [6, 6.07) is 2.14. The quantitative estimate of drug-likeness (QED) is 0.844. The average molecular weight is 328 g/mol. The van der Waals surface area contributed by atoms with Gasteiger partial charge < -0.3 is 5.32 Å². The van der Waals surface area contributed by atoms with Crippen molar-refractivity contribution in [3.63, 3.8) is 0 Å². The molecule has 4 heteroatoms. The first-order valence-electron chi connectivity index (χ1n) is 6.68. The molecule has 1 saturated carbocycles. The van der Waals surface area contributed by atoms with Gasteiger partial charge in [-0.1, -0.05) is 15.9 Å². The van der Waals surface area contributed by atoms with Gasteiger partial charge in [-0.3, -0.25) is 4.79 Å². The monoisotopic (exact) mass is 327 g/mol. The number of carbonyl (C=O) groups excluding carboxylic acids is 1. The van der Waals surface area contributed by atoms with Crippen LogP contribution < -0.4 is 5.32 Å². The molecule has 1 atom stereocenters. The highest BCUT2D eigenvalue weighted by Crippen LogP contribution is 2.38. The number of hydrogen-bond donors (Lipinski definition) is 1. The van der Waals surface area contributed by atoms with Crippen molar-refractivity contribution < 1.29 is 4.79 Å². The van der Waals surface area contributed by atoms with Gasteiger partial charge in [-0.05, 0) is 55.5 Å². The molecule has 1 aromatic rings. The molecule has 0 saturated heterocycles. The van der Waals surface area contributed by atoms with E-state index in [9.17, 15) is 4.79 Å². The summed E-state index contributed by atoms with van der Waals surface area (Å²) in [7, 11) is 0. The van der Waals surface area contributed by atoms with Crippen LogP contribution >= 0.6 is 27.3 Å². The zero-order chi connectivity index (χ0) is 12.6. The number of nitrogens with one attached hydrogen (secondary N) is 1. The van der Waals surface area contributed by atoms with Crippen molar-refractivity contribution in [2.45, 2.75) is 50.0 Å². The van der Waals surface area contributed by atoms with Gasteiger partial charge in [-0.2, -0.15) is 0 Å². The van der Waals surface area contributed by atoms with Crippen LogP contribution in [0.1, 0.15) is 48.5 Å². The van der Waals surface area contributed by atoms with Crippen LogP contribution in [0, 0.1) is 0 Å². The minimum absolute atomic E-state index is 0.0463. The van der Waals surface area contributed by atoms with Gasteiger partial charge in [-0.15, -0.1) is 11.3 Å². The fourth-order valence-electron chi connectivity index (χ4n) is 3.00. The standard InChI is InChI=1S/C14H18BrNOS/c15-9-14(6-2-7-14)16-13(17)11-3-1-4-12-10(11)5-8-18-12/h5,8,11H,1-4,6-7,9H2,(H,16,17). The zero-order valence-electron chi connectivity index (χ0n) is 10.4. The number of alkyl halides is 1. The Labute approximate surface area is 120 Å². The molecule has 2 aliphatic carbocycles. The maximum atomic E-state index is 12.5. The topological polar surface area (TPSA) is 29.1 Å². The SMILES string of the molecule is O=C(NC1(CBr)CCC1)C1CCCc2sccc21. The van der Waals surface area contributed by atoms with Crippen molar-refractivity contribution in [2.75, 3.05) is 5.33 Å². The molecule has 0 radical (unpaired) electrons. The molecule has 1 fully saturated rings. The zero-order valence-corrected chi connectivity index (χ0v) is 12.8. The van der Waals surface area contributed by atoms with Gasteiger partial charge in [0.25, 0.3) is 0 Å². The van der Waals surface area contributed by atoms with Crippen LogP contribution in [0.4, 0.5) is 0 Å². The largest absolute Gasteiger partial charge is 0.349 e. The Balaban J connectivity index is 1.74. The molecule has 3 rings (SSSR count). The highest BCUT2D eigenvalue weighted by atomic mass is 79.9. The van der Waals surface area contributed by atoms with E-state index in [2.05, 4.69) is 32.7 Å². The number of carbonyl (C=O) groups is 1. The van der Waals surface area contributed by atoms with Gasteiger partial charge in [0, 0.05) is 15.7 Å². The molecule has 1 heterocycles. The Bertz CT molecular complexity index is 447. The molecular formula is C14H18BrNOS. The minimum atomic E-state index is 0.0463. The predicted molar refractivity (Wildman–Crippen MR) is 78.5 cm³/mol. The summed E-state index contributed by atoms with van der Waals surface area (Å²) in [5.74, 6) is 0.338. The molecular weight excluding hydrogens is 310 g/mol. The molecule has 98 valence electrons. The smallest absolute Gasteiger partial charge is 0.228 e. The third-order valence-electron chi connectivity index (χ3n) is 4.32. The van der Waals surface area contributed by atoms with Crippen molar-refractivity contribution in [2.24, 2.45) is 0 Å². The van der Waals surface area contributed by atoms with Crippen LogP contribution in [-0.2, 0) is 11.2 Å². The van der Waals surface area contributed by atoms with Crippen molar-refractivity contribution >= 4 is 33.2 Å². The molecule has 18 heavy (non-hydrogen) atoms. The average Bonchev–Trinajstić information content (AvgIpc) is 2.81. The second kappa shape index (κ2) is 4.97. The van der Waals surface area contributed by atoms with E-state index in [1.54, 1.807) is 11.3 Å². The maximum Gasteiger partial charge on any atom is 0.228 e. The lowest BCUT2D eigenvalue weighted by molar-refractivity contribution is -0.125. The number of amides is 1. The van der Waals surface area contributed by atoms with E-state index >= 15 is 0 Å². The second-order valence-corrected chi connectivity index (χ2v) is 7.06. The number of fused-ring (bicyclic) bond motifs is 1. The van der Waals surface area contributed by atoms with E-state index in [0.717, 1.165) is 37.4 Å². The summed E-state index contributed by atoms with van der Waals surface area (Å²) in [4.78, 5) is 13.9. The number of hydrogen-bond acceptors (Lipinski definition) is 2. The summed E-state index contributed by atoms with van der Waals surface area (Å²) in [5, 5.41) is 6.31. The van der Waals surface area contributed by atoms with Gasteiger partial charge >= 0.3 is 0 Å². The van der Waals surface area contributed by atoms with Gasteiger partial charge in [0.05, 0.1) is 5.92 Å². The van der Waals surface area contributed by atoms with Crippen molar-refractivity contribution in [1.82, 2.24) is 5.32 Å². The minimum Gasteiger partial charge on any atom is -0.349 e. The van der Waals surface area contributed by atoms with E-state index in [1.807, 2.05) is 0 Å². The molecule has 1 aromatic heterocycles. The number of thiophene rings is 1. The first-order valence-corrected chi connectivity index (χ1v) is 8.68. The Morgan fingerprint density at radius 3 is 3.00 bits per heavy atom. The molecule has 1 unspecified atom stereocenters. The normalized spacial score (nSPS) is 25.1. The second-order valence-electron chi connectivity index (χ2n) is 5.50. The maximum absolute atomic E-state index is 12.5. The Morgan fingerprint density at radius 2 is 2.33 bits per heavy atom. The molecule has 0 spiro atoms. The van der Waals surface area contributed by atoms with E-state index in [-0.39, 0.29) is 17.4 Å². The lowest BCUT2D eigenvalue weighted by Crippen LogP contribution is -2.56. The Morgan fingerprint density at radius 1 is 1.50 bits per heavy atom. The summed E-state index contributed by atoms with van der Waals surface area (Å²) in [5.41, 5.74) is 1.33. The van der Waals surface area contributed by atoms with E-state index < -0.39 is 0 Å². The first kappa shape index (κ1) is 12.7. The van der Waals surface area contributed by atoms with Crippen LogP contribution in [0.15, 0.2) is 11.4 Å². The first-order chi connectivity index (χ1) is 8.74. The van der Waals surface area contributed by atoms with Crippen molar-refractivity contribution in [1.29, 1.82) is 0 Å². The van der Waals surface area contributed by atoms with Gasteiger partial charge in [0.2, 0.25) is 5.91 Å². The number of aryl methyl sites for hydroxylation is 1. The van der Waals surface area contributed by atoms with Crippen LogP contribution in [-0.4, -0.2) is 16.8 Å². The molecule has 2 nitrogen and oxygen atoms in total. The summed E-state index contributed by atoms with van der Waals surface area (Å²) in [6.07, 6.45) is 6.78. The third kappa shape index (κ3) is 2.14. The van der Waals surface area contributed by atoms with Gasteiger partial charge in [-0.25, -0.2) is 0 Å². The third-order valence-corrected chi connectivity index (χ3v) is 6.39. The van der Waals surface area contributed by atoms with Crippen molar-refractivity contribution in [3.8, 4) is 0 Å². The van der Waals surface area contributed by atoms with E-state index in [0.29, 0.717) is 0 Å². The number of halogens is 1. The highest BCUT2D eigenvalue weighted by Gasteiger charge is 2.39. The Kier molecular flexibility index (Phi) is 3.50. The molecule has 1 N–H and O–H groups in total. The lowest BCUT2D eigenvalue weighted by Gasteiger charge is -2.42. The van der Waals surface area contributed by atoms with Gasteiger partial charge in [0.15, 0.2) is 0 Å². The highest BCUT2D eigenvalue weighted by molar-refractivity contribution is 9.09. The Hall–Kier alpha value is -0.350. The van der Waals surface area contributed by atoms with Gasteiger partial charge in [0.1, 0.15) is 0 Å². The molecule has 2 aliphatic rings. The van der Waals surface area contributed by atoms with Crippen LogP contribution in [0.25, 0.3) is 0 Å². The molecule has 0 aromatic carbocycles. The van der Waals surface area contributed by atoms with Crippen LogP contribution in [0.2, 0.25) is 0 Å². The number of rotatable bonds is 3. The van der Waals surface area contributed by atoms with Crippen molar-refractivity contribution in [3.05, 3.63) is 21.9 Å². The molecule has 0 aliphatic heterocycles. The van der Waals surface area contributed by atoms with Crippen LogP contribution in [0.5, 0.6) is 0 Å². The van der Waals surface area contributed by atoms with E-state index in [1.165, 1.54) is 16.9 Å². The molecule has 1 amide bonds. The summed E-state index contributed by atoms with van der Waals surface area (Å²) in [6.45, 7) is 0. The fraction of sp³-hybridized carbons (Fsp3) is 0.643.